The Morgan fingerprint density at radius 1 is 1.02 bits per heavy atom. The van der Waals surface area contributed by atoms with Crippen molar-refractivity contribution in [2.75, 3.05) is 13.7 Å². The summed E-state index contributed by atoms with van der Waals surface area (Å²) >= 11 is 1.61. The molecule has 2 aromatic rings. The lowest BCUT2D eigenvalue weighted by atomic mass is 9.72. The van der Waals surface area contributed by atoms with Crippen molar-refractivity contribution in [2.45, 2.75) is 104 Å². The van der Waals surface area contributed by atoms with E-state index in [9.17, 15) is 0 Å². The molecular weight excluding hydrogens is 540 g/mol. The molecule has 3 heterocycles. The lowest BCUT2D eigenvalue weighted by Gasteiger charge is -2.52. The van der Waals surface area contributed by atoms with Gasteiger partial charge in [-0.05, 0) is 67.9 Å². The standard InChI is InChI=1S/C32H42O6SSi/c1-29(2,3)40(6,7)38-27-19-26-30(4,39-23-11-9-8-10-12-23)28(33)32-24(17-18-35-32)25(20-31(27,32)37-26)36-22-15-13-21(34-5)14-16-22/h8-16,24-27H,17-20H2,1-7H3/t24-,25-,26-,27-,30-,31+,32+/m0/s1. The highest BCUT2D eigenvalue weighted by Gasteiger charge is 2.83. The molecule has 0 unspecified atom stereocenters. The van der Waals surface area contributed by atoms with Crippen LogP contribution in [0.25, 0.3) is 0 Å². The smallest absolute Gasteiger partial charge is 0.192 e. The van der Waals surface area contributed by atoms with E-state index in [0.29, 0.717) is 19.4 Å². The van der Waals surface area contributed by atoms with Crippen LogP contribution < -0.4 is 9.47 Å². The minimum absolute atomic E-state index is 0.0210. The van der Waals surface area contributed by atoms with Crippen molar-refractivity contribution in [3.8, 4) is 11.5 Å². The molecule has 0 radical (unpaired) electrons. The fourth-order valence-corrected chi connectivity index (χ4v) is 9.81. The summed E-state index contributed by atoms with van der Waals surface area (Å²) in [5, 5.41) is 0.0210. The molecule has 0 N–H and O–H groups in total. The van der Waals surface area contributed by atoms with Crippen LogP contribution >= 0.6 is 11.8 Å². The van der Waals surface area contributed by atoms with E-state index in [4.69, 9.17) is 23.4 Å². The topological polar surface area (TPSA) is 63.2 Å². The number of carbonyl (C=O) groups excluding carboxylic acids is 1. The van der Waals surface area contributed by atoms with Gasteiger partial charge in [-0.1, -0.05) is 39.0 Å². The van der Waals surface area contributed by atoms with Gasteiger partial charge in [-0.25, -0.2) is 0 Å². The van der Waals surface area contributed by atoms with Crippen molar-refractivity contribution in [3.63, 3.8) is 0 Å². The molecule has 2 spiro atoms. The van der Waals surface area contributed by atoms with Crippen LogP contribution in [0.1, 0.15) is 47.0 Å². The first kappa shape index (κ1) is 28.3. The number of thioether (sulfide) groups is 1. The lowest BCUT2D eigenvalue weighted by Crippen LogP contribution is -2.72. The molecule has 3 aliphatic heterocycles. The highest BCUT2D eigenvalue weighted by Crippen LogP contribution is 2.67. The van der Waals surface area contributed by atoms with Crippen molar-refractivity contribution in [1.82, 2.24) is 0 Å². The molecule has 0 amide bonds. The summed E-state index contributed by atoms with van der Waals surface area (Å²) in [6, 6.07) is 17.8. The molecule has 3 saturated heterocycles. The second kappa shape index (κ2) is 9.59. The first-order valence-electron chi connectivity index (χ1n) is 14.5. The quantitative estimate of drug-likeness (QED) is 0.338. The SMILES string of the molecule is COc1ccc(O[C@H]2C[C@@]34O[C@@H](C[C@@H]3O[Si](C)(C)C(C)(C)C)[C@](C)(Sc3ccccc3)C(=O)[C@@]43OCC[C@@H]23)cc1. The predicted molar refractivity (Wildman–Crippen MR) is 159 cm³/mol. The van der Waals surface area contributed by atoms with Crippen molar-refractivity contribution < 1.29 is 28.2 Å². The van der Waals surface area contributed by atoms with Crippen LogP contribution in [-0.2, 0) is 18.7 Å². The molecule has 7 atom stereocenters. The van der Waals surface area contributed by atoms with E-state index in [-0.39, 0.29) is 35.1 Å². The Kier molecular flexibility index (Phi) is 6.78. The molecule has 1 saturated carbocycles. The van der Waals surface area contributed by atoms with Gasteiger partial charge in [0.1, 0.15) is 28.0 Å². The molecule has 8 heteroatoms. The third-order valence-corrected chi connectivity index (χ3v) is 16.1. The number of methoxy groups -OCH3 is 1. The molecule has 1 aliphatic carbocycles. The summed E-state index contributed by atoms with van der Waals surface area (Å²) in [6.45, 7) is 13.9. The Bertz CT molecular complexity index is 1260. The van der Waals surface area contributed by atoms with Gasteiger partial charge in [-0.2, -0.15) is 0 Å². The molecule has 0 aromatic heterocycles. The van der Waals surface area contributed by atoms with E-state index in [1.54, 1.807) is 18.9 Å². The van der Waals surface area contributed by atoms with Crippen molar-refractivity contribution in [3.05, 3.63) is 54.6 Å². The van der Waals surface area contributed by atoms with Gasteiger partial charge in [0.25, 0.3) is 0 Å². The fraction of sp³-hybridized carbons (Fsp3) is 0.594. The van der Waals surface area contributed by atoms with E-state index < -0.39 is 24.3 Å². The number of hydrogen-bond donors (Lipinski definition) is 0. The number of carbonyl (C=O) groups is 1. The van der Waals surface area contributed by atoms with Gasteiger partial charge >= 0.3 is 0 Å². The normalized spacial score (nSPS) is 36.8. The molecule has 40 heavy (non-hydrogen) atoms. The third kappa shape index (κ3) is 4.04. The van der Waals surface area contributed by atoms with Gasteiger partial charge in [0.05, 0.1) is 19.3 Å². The van der Waals surface area contributed by atoms with Gasteiger partial charge in [0.2, 0.25) is 0 Å². The summed E-state index contributed by atoms with van der Waals surface area (Å²) in [5.41, 5.74) is -1.99. The first-order chi connectivity index (χ1) is 18.9. The van der Waals surface area contributed by atoms with Gasteiger partial charge in [-0.3, -0.25) is 4.79 Å². The monoisotopic (exact) mass is 582 g/mol. The van der Waals surface area contributed by atoms with Crippen molar-refractivity contribution in [2.24, 2.45) is 5.92 Å². The molecule has 2 bridgehead atoms. The average molecular weight is 583 g/mol. The van der Waals surface area contributed by atoms with E-state index >= 15 is 4.79 Å². The minimum Gasteiger partial charge on any atom is -0.497 e. The van der Waals surface area contributed by atoms with E-state index in [1.807, 2.05) is 42.5 Å². The number of hydrogen-bond acceptors (Lipinski definition) is 7. The van der Waals surface area contributed by atoms with Crippen LogP contribution in [-0.4, -0.2) is 62.1 Å². The van der Waals surface area contributed by atoms with Gasteiger partial charge in [0, 0.05) is 30.3 Å². The Balaban J connectivity index is 1.43. The van der Waals surface area contributed by atoms with E-state index in [2.05, 4.69) is 52.9 Å². The largest absolute Gasteiger partial charge is 0.497 e. The summed E-state index contributed by atoms with van der Waals surface area (Å²) in [4.78, 5) is 16.1. The van der Waals surface area contributed by atoms with Gasteiger partial charge < -0.3 is 23.4 Å². The zero-order valence-corrected chi connectivity index (χ0v) is 26.5. The van der Waals surface area contributed by atoms with E-state index in [1.165, 1.54) is 0 Å². The van der Waals surface area contributed by atoms with Crippen LogP contribution in [0.5, 0.6) is 11.5 Å². The maximum atomic E-state index is 15.0. The Hall–Kier alpha value is -1.84. The zero-order chi connectivity index (χ0) is 28.6. The summed E-state index contributed by atoms with van der Waals surface area (Å²) in [5.74, 6) is 1.55. The number of Topliss-reactive ketones (excluding diaryl/α,β-unsaturated/α-hetero) is 1. The second-order valence-corrected chi connectivity index (χ2v) is 19.7. The summed E-state index contributed by atoms with van der Waals surface area (Å²) < 4.78 is 32.3. The molecule has 4 fully saturated rings. The van der Waals surface area contributed by atoms with Gasteiger partial charge in [-0.15, -0.1) is 11.8 Å². The minimum atomic E-state index is -2.20. The molecule has 2 aromatic carbocycles. The first-order valence-corrected chi connectivity index (χ1v) is 18.2. The summed E-state index contributed by atoms with van der Waals surface area (Å²) in [7, 11) is -0.544. The maximum absolute atomic E-state index is 15.0. The van der Waals surface area contributed by atoms with Crippen molar-refractivity contribution >= 4 is 25.9 Å². The van der Waals surface area contributed by atoms with Crippen LogP contribution in [0.2, 0.25) is 18.1 Å². The van der Waals surface area contributed by atoms with E-state index in [0.717, 1.165) is 22.8 Å². The van der Waals surface area contributed by atoms with Crippen molar-refractivity contribution in [1.29, 1.82) is 0 Å². The highest BCUT2D eigenvalue weighted by atomic mass is 32.2. The fourth-order valence-electron chi connectivity index (χ4n) is 7.15. The van der Waals surface area contributed by atoms with Crippen LogP contribution in [0.4, 0.5) is 0 Å². The Labute approximate surface area is 243 Å². The predicted octanol–water partition coefficient (Wildman–Crippen LogP) is 6.67. The number of ether oxygens (including phenoxy) is 4. The maximum Gasteiger partial charge on any atom is 0.192 e. The van der Waals surface area contributed by atoms with Crippen LogP contribution in [0, 0.1) is 5.92 Å². The molecule has 216 valence electrons. The number of rotatable bonds is 7. The lowest BCUT2D eigenvalue weighted by molar-refractivity contribution is -0.223. The third-order valence-electron chi connectivity index (χ3n) is 10.2. The molecule has 6 nitrogen and oxygen atoms in total. The van der Waals surface area contributed by atoms with Crippen LogP contribution in [0.15, 0.2) is 59.5 Å². The molecule has 6 rings (SSSR count). The zero-order valence-electron chi connectivity index (χ0n) is 24.7. The molecule has 4 aliphatic rings. The Morgan fingerprint density at radius 2 is 1.70 bits per heavy atom. The number of ketones is 1. The number of benzene rings is 2. The Morgan fingerprint density at radius 3 is 2.35 bits per heavy atom. The van der Waals surface area contributed by atoms with Crippen LogP contribution in [0.3, 0.4) is 0 Å². The average Bonchev–Trinajstić information content (AvgIpc) is 3.57. The highest BCUT2D eigenvalue weighted by molar-refractivity contribution is 8.01. The van der Waals surface area contributed by atoms with Gasteiger partial charge in [0.15, 0.2) is 19.7 Å². The number of fused-ring (bicyclic) bond motifs is 1. The summed E-state index contributed by atoms with van der Waals surface area (Å²) in [6.07, 6.45) is 1.23. The second-order valence-electron chi connectivity index (χ2n) is 13.5. The molecular formula is C32H42O6SSi.